The lowest BCUT2D eigenvalue weighted by atomic mass is 9.78. The zero-order valence-electron chi connectivity index (χ0n) is 29.0. The number of alkyl carbamates (subject to hydrolysis) is 1. The van der Waals surface area contributed by atoms with Crippen molar-refractivity contribution in [1.29, 1.82) is 0 Å². The van der Waals surface area contributed by atoms with Gasteiger partial charge in [-0.3, -0.25) is 19.1 Å². The summed E-state index contributed by atoms with van der Waals surface area (Å²) in [6.45, 7) is 21.0. The molecule has 0 aromatic heterocycles. The second-order valence-electron chi connectivity index (χ2n) is 17.0. The molecule has 7 unspecified atom stereocenters. The van der Waals surface area contributed by atoms with Crippen molar-refractivity contribution in [3.8, 4) is 0 Å². The lowest BCUT2D eigenvalue weighted by Gasteiger charge is -2.36. The molecule has 2 heterocycles. The Morgan fingerprint density at radius 1 is 1.00 bits per heavy atom. The molecule has 5 aliphatic rings. The van der Waals surface area contributed by atoms with E-state index in [1.807, 2.05) is 20.8 Å². The maximum absolute atomic E-state index is 14.6. The average Bonchev–Trinajstić information content (AvgIpc) is 3.41. The quantitative estimate of drug-likeness (QED) is 0.322. The van der Waals surface area contributed by atoms with Crippen LogP contribution in [-0.4, -0.2) is 80.1 Å². The van der Waals surface area contributed by atoms with Gasteiger partial charge in [-0.25, -0.2) is 13.3 Å². The zero-order chi connectivity index (χ0) is 34.0. The van der Waals surface area contributed by atoms with Crippen LogP contribution in [0.3, 0.4) is 0 Å². The Balaban J connectivity index is 1.41. The minimum Gasteiger partial charge on any atom is -0.444 e. The van der Waals surface area contributed by atoms with Crippen LogP contribution in [0.15, 0.2) is 12.7 Å². The third-order valence-electron chi connectivity index (χ3n) is 11.5. The standard InChI is InChI=1S/C34H55N5O6S/c1-10-22-18-34(22,28(42)37-46(44)38-16-11-12-17-38)36-26(40)23-19-33(24(32(33,8)9)21-14-13-15-21)20-39(23)27(41)25(30(2,3)4)35-29(43)45-31(5,6)7/h10,21-25H,1,11-20H2,2-9H3,(H,35,43)(H,36,40)(H,37,42). The van der Waals surface area contributed by atoms with E-state index in [2.05, 4.69) is 35.8 Å². The number of ether oxygens (including phenoxy) is 1. The molecule has 4 amide bonds. The van der Waals surface area contributed by atoms with Crippen LogP contribution in [0.2, 0.25) is 0 Å². The molecule has 1 spiro atoms. The van der Waals surface area contributed by atoms with Gasteiger partial charge in [0, 0.05) is 25.6 Å². The van der Waals surface area contributed by atoms with E-state index in [-0.39, 0.29) is 22.7 Å². The van der Waals surface area contributed by atoms with Gasteiger partial charge in [0.2, 0.25) is 11.8 Å². The lowest BCUT2D eigenvalue weighted by Crippen LogP contribution is -2.60. The number of hydrogen-bond acceptors (Lipinski definition) is 6. The number of carbonyl (C=O) groups excluding carboxylic acids is 4. The monoisotopic (exact) mass is 661 g/mol. The number of nitrogens with one attached hydrogen (secondary N) is 3. The van der Waals surface area contributed by atoms with Gasteiger partial charge in [-0.1, -0.05) is 60.0 Å². The molecule has 46 heavy (non-hydrogen) atoms. The predicted molar refractivity (Wildman–Crippen MR) is 176 cm³/mol. The number of nitrogens with zero attached hydrogens (tertiary/aromatic N) is 2. The van der Waals surface area contributed by atoms with Crippen molar-refractivity contribution in [2.24, 2.45) is 34.0 Å². The van der Waals surface area contributed by atoms with Crippen LogP contribution in [0.25, 0.3) is 0 Å². The van der Waals surface area contributed by atoms with Crippen molar-refractivity contribution >= 4 is 35.0 Å². The molecule has 11 nitrogen and oxygen atoms in total. The Bertz CT molecular complexity index is 1300. The minimum absolute atomic E-state index is 0.0631. The lowest BCUT2D eigenvalue weighted by molar-refractivity contribution is -0.143. The summed E-state index contributed by atoms with van der Waals surface area (Å²) in [4.78, 5) is 57.1. The zero-order valence-corrected chi connectivity index (χ0v) is 29.8. The second-order valence-corrected chi connectivity index (χ2v) is 18.2. The molecule has 5 fully saturated rings. The maximum atomic E-state index is 14.6. The van der Waals surface area contributed by atoms with Gasteiger partial charge in [0.05, 0.1) is 0 Å². The van der Waals surface area contributed by atoms with E-state index in [1.165, 1.54) is 6.42 Å². The number of hydrogen-bond donors (Lipinski definition) is 3. The summed E-state index contributed by atoms with van der Waals surface area (Å²) < 4.78 is 22.8. The van der Waals surface area contributed by atoms with Crippen LogP contribution in [0.4, 0.5) is 4.79 Å². The number of amides is 4. The minimum atomic E-state index is -1.70. The molecular formula is C34H55N5O6S. The van der Waals surface area contributed by atoms with Gasteiger partial charge in [-0.15, -0.1) is 6.58 Å². The summed E-state index contributed by atoms with van der Waals surface area (Å²) in [5.74, 6) is -0.608. The summed E-state index contributed by atoms with van der Waals surface area (Å²) in [6, 6.07) is -1.78. The summed E-state index contributed by atoms with van der Waals surface area (Å²) in [6.07, 6.45) is 7.14. The van der Waals surface area contributed by atoms with Crippen molar-refractivity contribution in [2.75, 3.05) is 19.6 Å². The van der Waals surface area contributed by atoms with Crippen molar-refractivity contribution in [1.82, 2.24) is 24.6 Å². The predicted octanol–water partition coefficient (Wildman–Crippen LogP) is 3.82. The molecule has 0 radical (unpaired) electrons. The Morgan fingerprint density at radius 2 is 1.63 bits per heavy atom. The number of carbonyl (C=O) groups is 4. The van der Waals surface area contributed by atoms with Gasteiger partial charge in [0.1, 0.15) is 23.2 Å². The molecule has 258 valence electrons. The molecule has 2 saturated heterocycles. The van der Waals surface area contributed by atoms with Gasteiger partial charge in [0.15, 0.2) is 11.2 Å². The van der Waals surface area contributed by atoms with E-state index in [9.17, 15) is 23.4 Å². The molecule has 2 aliphatic heterocycles. The summed E-state index contributed by atoms with van der Waals surface area (Å²) in [5.41, 5.74) is -3.00. The third-order valence-corrected chi connectivity index (χ3v) is 12.7. The highest BCUT2D eigenvalue weighted by molar-refractivity contribution is 7.81. The van der Waals surface area contributed by atoms with Gasteiger partial charge in [-0.2, -0.15) is 0 Å². The highest BCUT2D eigenvalue weighted by Crippen LogP contribution is 2.77. The van der Waals surface area contributed by atoms with Crippen LogP contribution >= 0.6 is 0 Å². The summed E-state index contributed by atoms with van der Waals surface area (Å²) in [7, 11) is 0. The summed E-state index contributed by atoms with van der Waals surface area (Å²) in [5, 5.41) is 5.84. The van der Waals surface area contributed by atoms with Crippen molar-refractivity contribution in [3.05, 3.63) is 12.7 Å². The molecule has 0 aromatic rings. The molecule has 0 bridgehead atoms. The molecule has 3 saturated carbocycles. The molecule has 0 aromatic carbocycles. The van der Waals surface area contributed by atoms with E-state index in [0.717, 1.165) is 25.7 Å². The van der Waals surface area contributed by atoms with E-state index in [0.29, 0.717) is 44.3 Å². The number of rotatable bonds is 9. The molecular weight excluding hydrogens is 606 g/mol. The van der Waals surface area contributed by atoms with Gasteiger partial charge in [0.25, 0.3) is 5.91 Å². The Labute approximate surface area is 277 Å². The van der Waals surface area contributed by atoms with Gasteiger partial charge < -0.3 is 20.3 Å². The number of likely N-dealkylation sites (tertiary alicyclic amines) is 1. The van der Waals surface area contributed by atoms with Crippen LogP contribution < -0.4 is 15.4 Å². The van der Waals surface area contributed by atoms with Crippen molar-refractivity contribution in [2.45, 2.75) is 124 Å². The first-order valence-corrected chi connectivity index (χ1v) is 18.1. The largest absolute Gasteiger partial charge is 0.444 e. The van der Waals surface area contributed by atoms with Crippen LogP contribution in [0, 0.1) is 34.0 Å². The Kier molecular flexibility index (Phi) is 9.01. The summed E-state index contributed by atoms with van der Waals surface area (Å²) >= 11 is -1.70. The average molecular weight is 662 g/mol. The van der Waals surface area contributed by atoms with E-state index < -0.39 is 57.7 Å². The molecule has 5 rings (SSSR count). The van der Waals surface area contributed by atoms with E-state index in [4.69, 9.17) is 4.74 Å². The molecule has 3 N–H and O–H groups in total. The highest BCUT2D eigenvalue weighted by atomic mass is 32.2. The van der Waals surface area contributed by atoms with Crippen molar-refractivity contribution < 1.29 is 28.1 Å². The van der Waals surface area contributed by atoms with Gasteiger partial charge in [-0.05, 0) is 74.5 Å². The van der Waals surface area contributed by atoms with Crippen LogP contribution in [0.1, 0.15) is 100 Å². The first-order valence-electron chi connectivity index (χ1n) is 17.0. The van der Waals surface area contributed by atoms with Crippen molar-refractivity contribution in [3.63, 3.8) is 0 Å². The van der Waals surface area contributed by atoms with E-state index >= 15 is 0 Å². The first kappa shape index (κ1) is 34.9. The highest BCUT2D eigenvalue weighted by Gasteiger charge is 2.77. The topological polar surface area (TPSA) is 137 Å². The fourth-order valence-electron chi connectivity index (χ4n) is 8.56. The second kappa shape index (κ2) is 11.9. The molecule has 3 aliphatic carbocycles. The normalized spacial score (nSPS) is 33.5. The smallest absolute Gasteiger partial charge is 0.408 e. The third kappa shape index (κ3) is 6.24. The Morgan fingerprint density at radius 3 is 2.13 bits per heavy atom. The molecule has 12 heteroatoms. The molecule has 7 atom stereocenters. The SMILES string of the molecule is C=CC1CC1(NC(=O)C1CC2(CN1C(=O)C(NC(=O)OC(C)(C)C)C(C)(C)C)C(C1CCC1)C2(C)C)C(=O)NS(=O)N1CCCC1. The van der Waals surface area contributed by atoms with Crippen LogP contribution in [0.5, 0.6) is 0 Å². The van der Waals surface area contributed by atoms with Crippen LogP contribution in [-0.2, 0) is 30.3 Å². The van der Waals surface area contributed by atoms with E-state index in [1.54, 1.807) is 36.1 Å². The fraction of sp³-hybridized carbons (Fsp3) is 0.824. The maximum Gasteiger partial charge on any atom is 0.408 e. The fourth-order valence-corrected chi connectivity index (χ4v) is 9.62. The first-order chi connectivity index (χ1) is 21.3. The Hall–Kier alpha value is -2.47. The van der Waals surface area contributed by atoms with Gasteiger partial charge >= 0.3 is 6.09 Å².